The summed E-state index contributed by atoms with van der Waals surface area (Å²) in [6.45, 7) is 2.90. The average molecular weight is 338 g/mol. The molecule has 0 aromatic heterocycles. The van der Waals surface area contributed by atoms with Gasteiger partial charge in [-0.1, -0.05) is 6.07 Å². The predicted molar refractivity (Wildman–Crippen MR) is 81.9 cm³/mol. The molecule has 0 saturated carbocycles. The third-order valence-electron chi connectivity index (χ3n) is 3.12. The van der Waals surface area contributed by atoms with Crippen molar-refractivity contribution in [1.82, 2.24) is 0 Å². The molecule has 0 atom stereocenters. The number of halogens is 1. The fraction of sp³-hybridized carbons (Fsp3) is 0.188. The second kappa shape index (κ2) is 6.37. The summed E-state index contributed by atoms with van der Waals surface area (Å²) in [6.07, 6.45) is 0. The van der Waals surface area contributed by atoms with E-state index in [0.717, 1.165) is 12.1 Å². The first-order valence-electron chi connectivity index (χ1n) is 6.64. The van der Waals surface area contributed by atoms with Crippen LogP contribution in [0.15, 0.2) is 41.3 Å². The molecule has 122 valence electrons. The van der Waals surface area contributed by atoms with Crippen LogP contribution in [0.5, 0.6) is 11.5 Å². The van der Waals surface area contributed by atoms with Gasteiger partial charge in [-0.15, -0.1) is 0 Å². The Labute approximate surface area is 133 Å². The van der Waals surface area contributed by atoms with Gasteiger partial charge in [0.1, 0.15) is 16.5 Å². The molecular formula is C16H15FO5S. The van der Waals surface area contributed by atoms with Crippen LogP contribution in [-0.4, -0.2) is 21.3 Å². The maximum atomic E-state index is 13.8. The second-order valence-corrected chi connectivity index (χ2v) is 6.40. The number of rotatable bonds is 5. The van der Waals surface area contributed by atoms with E-state index in [1.807, 2.05) is 0 Å². The second-order valence-electron chi connectivity index (χ2n) is 4.89. The first-order chi connectivity index (χ1) is 10.7. The van der Waals surface area contributed by atoms with Crippen molar-refractivity contribution in [2.24, 2.45) is 0 Å². The van der Waals surface area contributed by atoms with E-state index >= 15 is 0 Å². The maximum absolute atomic E-state index is 13.8. The van der Waals surface area contributed by atoms with Crippen molar-refractivity contribution in [3.8, 4) is 11.5 Å². The number of ketones is 1. The molecule has 2 rings (SSSR count). The number of carbonyl (C=O) groups is 1. The standard InChI is InChI=1S/C16H15FO5S/c1-10-4-7-14(17)16(8-10)23(19,20)22-15-9-12(21-3)5-6-13(15)11(2)18/h4-9H,1-3H3. The van der Waals surface area contributed by atoms with Gasteiger partial charge in [-0.3, -0.25) is 4.79 Å². The summed E-state index contributed by atoms with van der Waals surface area (Å²) in [4.78, 5) is 11.0. The van der Waals surface area contributed by atoms with Crippen LogP contribution in [0.2, 0.25) is 0 Å². The SMILES string of the molecule is COc1ccc(C(C)=O)c(OS(=O)(=O)c2cc(C)ccc2F)c1. The van der Waals surface area contributed by atoms with Crippen molar-refractivity contribution in [2.75, 3.05) is 7.11 Å². The van der Waals surface area contributed by atoms with Gasteiger partial charge in [0.2, 0.25) is 0 Å². The Balaban J connectivity index is 2.52. The Morgan fingerprint density at radius 2 is 1.83 bits per heavy atom. The topological polar surface area (TPSA) is 69.7 Å². The number of hydrogen-bond acceptors (Lipinski definition) is 5. The number of methoxy groups -OCH3 is 1. The van der Waals surface area contributed by atoms with Crippen molar-refractivity contribution >= 4 is 15.9 Å². The van der Waals surface area contributed by atoms with Crippen LogP contribution >= 0.6 is 0 Å². The Bertz CT molecular complexity index is 859. The Kier molecular flexibility index (Phi) is 4.70. The molecule has 0 bridgehead atoms. The molecule has 7 heteroatoms. The molecule has 0 N–H and O–H groups in total. The molecule has 0 fully saturated rings. The lowest BCUT2D eigenvalue weighted by atomic mass is 10.1. The molecule has 0 spiro atoms. The molecule has 5 nitrogen and oxygen atoms in total. The molecule has 2 aromatic rings. The van der Waals surface area contributed by atoms with E-state index in [1.54, 1.807) is 6.92 Å². The molecule has 0 aliphatic heterocycles. The number of hydrogen-bond donors (Lipinski definition) is 0. The van der Waals surface area contributed by atoms with E-state index in [2.05, 4.69) is 0 Å². The van der Waals surface area contributed by atoms with Crippen LogP contribution in [0.4, 0.5) is 4.39 Å². The highest BCUT2D eigenvalue weighted by atomic mass is 32.2. The first kappa shape index (κ1) is 17.0. The molecule has 0 unspecified atom stereocenters. The van der Waals surface area contributed by atoms with Crippen molar-refractivity contribution in [2.45, 2.75) is 18.7 Å². The molecule has 0 saturated heterocycles. The molecule has 0 amide bonds. The fourth-order valence-electron chi connectivity index (χ4n) is 1.95. The van der Waals surface area contributed by atoms with Gasteiger partial charge in [-0.2, -0.15) is 8.42 Å². The predicted octanol–water partition coefficient (Wildman–Crippen LogP) is 3.11. The summed E-state index contributed by atoms with van der Waals surface area (Å²) in [6, 6.07) is 7.81. The van der Waals surface area contributed by atoms with Gasteiger partial charge < -0.3 is 8.92 Å². The summed E-state index contributed by atoms with van der Waals surface area (Å²) in [7, 11) is -3.04. The molecule has 0 radical (unpaired) electrons. The molecule has 0 aliphatic rings. The lowest BCUT2D eigenvalue weighted by Crippen LogP contribution is -2.14. The van der Waals surface area contributed by atoms with Gasteiger partial charge >= 0.3 is 10.1 Å². The lowest BCUT2D eigenvalue weighted by molar-refractivity contribution is 0.101. The van der Waals surface area contributed by atoms with Crippen LogP contribution < -0.4 is 8.92 Å². The summed E-state index contributed by atoms with van der Waals surface area (Å²) in [5, 5.41) is 0. The molecular weight excluding hydrogens is 323 g/mol. The third-order valence-corrected chi connectivity index (χ3v) is 4.37. The van der Waals surface area contributed by atoms with Crippen LogP contribution in [-0.2, 0) is 10.1 Å². The van der Waals surface area contributed by atoms with Gasteiger partial charge in [-0.25, -0.2) is 4.39 Å². The summed E-state index contributed by atoms with van der Waals surface area (Å²) in [5.41, 5.74) is 0.619. The molecule has 0 heterocycles. The highest BCUT2D eigenvalue weighted by Gasteiger charge is 2.24. The lowest BCUT2D eigenvalue weighted by Gasteiger charge is -2.12. The smallest absolute Gasteiger partial charge is 0.342 e. The van der Waals surface area contributed by atoms with E-state index in [1.165, 1.54) is 38.3 Å². The zero-order valence-corrected chi connectivity index (χ0v) is 13.6. The maximum Gasteiger partial charge on any atom is 0.342 e. The number of Topliss-reactive ketones (excluding diaryl/α,β-unsaturated/α-hetero) is 1. The average Bonchev–Trinajstić information content (AvgIpc) is 2.48. The normalized spacial score (nSPS) is 11.1. The van der Waals surface area contributed by atoms with Crippen LogP contribution in [0, 0.1) is 12.7 Å². The first-order valence-corrected chi connectivity index (χ1v) is 8.05. The van der Waals surface area contributed by atoms with Crippen molar-refractivity contribution in [3.05, 3.63) is 53.3 Å². The highest BCUT2D eigenvalue weighted by molar-refractivity contribution is 7.87. The molecule has 0 aliphatic carbocycles. The Morgan fingerprint density at radius 3 is 2.43 bits per heavy atom. The largest absolute Gasteiger partial charge is 0.497 e. The van der Waals surface area contributed by atoms with Crippen LogP contribution in [0.3, 0.4) is 0 Å². The van der Waals surface area contributed by atoms with Gasteiger partial charge in [0.05, 0.1) is 12.7 Å². The minimum Gasteiger partial charge on any atom is -0.497 e. The van der Waals surface area contributed by atoms with Crippen molar-refractivity contribution in [1.29, 1.82) is 0 Å². The van der Waals surface area contributed by atoms with Gasteiger partial charge in [0, 0.05) is 6.07 Å². The van der Waals surface area contributed by atoms with E-state index < -0.39 is 20.8 Å². The minimum absolute atomic E-state index is 0.0578. The fourth-order valence-corrected chi connectivity index (χ4v) is 3.06. The number of ether oxygens (including phenoxy) is 1. The Hall–Kier alpha value is -2.41. The molecule has 2 aromatic carbocycles. The van der Waals surface area contributed by atoms with Crippen molar-refractivity contribution in [3.63, 3.8) is 0 Å². The van der Waals surface area contributed by atoms with Gasteiger partial charge in [-0.05, 0) is 43.7 Å². The van der Waals surface area contributed by atoms with Gasteiger partial charge in [0.15, 0.2) is 11.5 Å². The van der Waals surface area contributed by atoms with Crippen LogP contribution in [0.1, 0.15) is 22.8 Å². The highest BCUT2D eigenvalue weighted by Crippen LogP contribution is 2.29. The number of benzene rings is 2. The minimum atomic E-state index is -4.43. The zero-order chi connectivity index (χ0) is 17.2. The Morgan fingerprint density at radius 1 is 1.13 bits per heavy atom. The summed E-state index contributed by atoms with van der Waals surface area (Å²) >= 11 is 0. The van der Waals surface area contributed by atoms with E-state index in [-0.39, 0.29) is 17.1 Å². The third kappa shape index (κ3) is 3.68. The number of carbonyl (C=O) groups excluding carboxylic acids is 1. The molecule has 23 heavy (non-hydrogen) atoms. The number of aryl methyl sites for hydroxylation is 1. The monoisotopic (exact) mass is 338 g/mol. The summed E-state index contributed by atoms with van der Waals surface area (Å²) < 4.78 is 48.5. The quantitative estimate of drug-likeness (QED) is 0.619. The van der Waals surface area contributed by atoms with Crippen LogP contribution in [0.25, 0.3) is 0 Å². The summed E-state index contributed by atoms with van der Waals surface area (Å²) in [5.74, 6) is -1.21. The van der Waals surface area contributed by atoms with E-state index in [0.29, 0.717) is 11.3 Å². The van der Waals surface area contributed by atoms with Gasteiger partial charge in [0.25, 0.3) is 0 Å². The zero-order valence-electron chi connectivity index (χ0n) is 12.8. The van der Waals surface area contributed by atoms with E-state index in [9.17, 15) is 17.6 Å². The van der Waals surface area contributed by atoms with Crippen molar-refractivity contribution < 1.29 is 26.5 Å². The van der Waals surface area contributed by atoms with E-state index in [4.69, 9.17) is 8.92 Å².